The highest BCUT2D eigenvalue weighted by atomic mass is 35.5. The van der Waals surface area contributed by atoms with Gasteiger partial charge in [0.15, 0.2) is 15.7 Å². The number of nitrogens with zero attached hydrogens (tertiary/aromatic N) is 4. The van der Waals surface area contributed by atoms with Gasteiger partial charge in [0.2, 0.25) is 0 Å². The topological polar surface area (TPSA) is 89.8 Å². The van der Waals surface area contributed by atoms with E-state index in [1.54, 1.807) is 7.05 Å². The number of sulfone groups is 1. The van der Waals surface area contributed by atoms with E-state index < -0.39 is 21.7 Å². The molecule has 0 aromatic carbocycles. The number of pyridine rings is 2. The van der Waals surface area contributed by atoms with Crippen molar-refractivity contribution in [1.29, 1.82) is 0 Å². The van der Waals surface area contributed by atoms with Gasteiger partial charge in [-0.3, -0.25) is 4.98 Å². The van der Waals surface area contributed by atoms with Crippen molar-refractivity contribution in [2.24, 2.45) is 0 Å². The Morgan fingerprint density at radius 3 is 2.59 bits per heavy atom. The maximum Gasteiger partial charge on any atom is 0.433 e. The average Bonchev–Trinajstić information content (AvgIpc) is 3.03. The van der Waals surface area contributed by atoms with Gasteiger partial charge in [-0.05, 0) is 12.1 Å². The van der Waals surface area contributed by atoms with Gasteiger partial charge in [-0.25, -0.2) is 18.1 Å². The molecule has 1 N–H and O–H groups in total. The van der Waals surface area contributed by atoms with Crippen LogP contribution >= 0.6 is 11.6 Å². The van der Waals surface area contributed by atoms with E-state index in [1.165, 1.54) is 19.2 Å². The van der Waals surface area contributed by atoms with Gasteiger partial charge in [0.1, 0.15) is 16.4 Å². The number of anilines is 1. The van der Waals surface area contributed by atoms with Gasteiger partial charge < -0.3 is 5.32 Å². The smallest absolute Gasteiger partial charge is 0.372 e. The lowest BCUT2D eigenvalue weighted by atomic mass is 10.3. The molecule has 0 radical (unpaired) electrons. The monoisotopic (exact) mass is 419 g/mol. The average molecular weight is 420 g/mol. The van der Waals surface area contributed by atoms with Crippen molar-refractivity contribution in [3.05, 3.63) is 35.2 Å². The molecule has 27 heavy (non-hydrogen) atoms. The van der Waals surface area contributed by atoms with Crippen molar-refractivity contribution in [2.75, 3.05) is 18.1 Å². The molecular formula is C15H13ClF3N5O2S. The molecule has 0 atom stereocenters. The Morgan fingerprint density at radius 2 is 2.00 bits per heavy atom. The molecule has 0 aliphatic heterocycles. The Bertz CT molecular complexity index is 1130. The van der Waals surface area contributed by atoms with E-state index >= 15 is 0 Å². The molecule has 144 valence electrons. The summed E-state index contributed by atoms with van der Waals surface area (Å²) in [4.78, 5) is 7.37. The number of nitrogens with one attached hydrogen (secondary N) is 1. The van der Waals surface area contributed by atoms with Gasteiger partial charge in [0.05, 0.1) is 16.3 Å². The van der Waals surface area contributed by atoms with Crippen LogP contribution in [0.5, 0.6) is 0 Å². The fraction of sp³-hybridized carbons (Fsp3) is 0.267. The summed E-state index contributed by atoms with van der Waals surface area (Å²) in [6.45, 7) is 1.46. The SMILES string of the molecule is CCS(=O)(=O)c1cc(Cl)c(NC)nc1-n1cc2cnc(C(F)(F)F)cc2n1. The number of alkyl halides is 3. The van der Waals surface area contributed by atoms with Crippen LogP contribution in [0.1, 0.15) is 12.6 Å². The number of hydrogen-bond acceptors (Lipinski definition) is 6. The van der Waals surface area contributed by atoms with Crippen LogP contribution in [-0.2, 0) is 16.0 Å². The van der Waals surface area contributed by atoms with Crippen molar-refractivity contribution in [3.63, 3.8) is 0 Å². The molecule has 3 aromatic rings. The van der Waals surface area contributed by atoms with Gasteiger partial charge >= 0.3 is 6.18 Å². The quantitative estimate of drug-likeness (QED) is 0.697. The van der Waals surface area contributed by atoms with E-state index in [-0.39, 0.29) is 32.8 Å². The summed E-state index contributed by atoms with van der Waals surface area (Å²) in [5.74, 6) is -0.0805. The third-order valence-electron chi connectivity index (χ3n) is 3.77. The molecule has 3 aromatic heterocycles. The Kier molecular flexibility index (Phi) is 4.76. The highest BCUT2D eigenvalue weighted by Gasteiger charge is 2.33. The molecule has 0 amide bonds. The zero-order chi connectivity index (χ0) is 20.0. The number of hydrogen-bond donors (Lipinski definition) is 1. The lowest BCUT2D eigenvalue weighted by Gasteiger charge is -2.12. The molecule has 0 aliphatic carbocycles. The third kappa shape index (κ3) is 3.56. The highest BCUT2D eigenvalue weighted by molar-refractivity contribution is 7.91. The summed E-state index contributed by atoms with van der Waals surface area (Å²) in [6, 6.07) is 2.02. The first-order chi connectivity index (χ1) is 12.6. The van der Waals surface area contributed by atoms with E-state index in [4.69, 9.17) is 11.6 Å². The minimum absolute atomic E-state index is 0.0000657. The molecular weight excluding hydrogens is 407 g/mol. The lowest BCUT2D eigenvalue weighted by molar-refractivity contribution is -0.141. The number of rotatable bonds is 4. The fourth-order valence-corrected chi connectivity index (χ4v) is 3.70. The summed E-state index contributed by atoms with van der Waals surface area (Å²) in [5.41, 5.74) is -1.10. The zero-order valence-electron chi connectivity index (χ0n) is 14.0. The lowest BCUT2D eigenvalue weighted by Crippen LogP contribution is -2.12. The maximum absolute atomic E-state index is 12.8. The number of halogens is 4. The Labute approximate surface area is 157 Å². The molecule has 0 bridgehead atoms. The Morgan fingerprint density at radius 1 is 1.30 bits per heavy atom. The van der Waals surface area contributed by atoms with Crippen LogP contribution in [0.2, 0.25) is 5.02 Å². The molecule has 0 saturated carbocycles. The van der Waals surface area contributed by atoms with E-state index in [0.29, 0.717) is 5.39 Å². The second-order valence-electron chi connectivity index (χ2n) is 5.49. The predicted molar refractivity (Wildman–Crippen MR) is 93.9 cm³/mol. The largest absolute Gasteiger partial charge is 0.433 e. The van der Waals surface area contributed by atoms with Gasteiger partial charge in [0.25, 0.3) is 0 Å². The van der Waals surface area contributed by atoms with Gasteiger partial charge in [0, 0.05) is 24.8 Å². The summed E-state index contributed by atoms with van der Waals surface area (Å²) in [5, 5.41) is 7.16. The standard InChI is InChI=1S/C15H13ClF3N5O2S/c1-3-27(25,26)11-4-9(16)13(20-2)22-14(11)24-7-8-6-21-12(15(17,18)19)5-10(8)23-24/h4-7H,3H2,1-2H3,(H,20,22). The molecule has 12 heteroatoms. The van der Waals surface area contributed by atoms with E-state index in [1.807, 2.05) is 0 Å². The van der Waals surface area contributed by atoms with Crippen LogP contribution in [0.25, 0.3) is 16.7 Å². The predicted octanol–water partition coefficient (Wildman–Crippen LogP) is 3.32. The van der Waals surface area contributed by atoms with Crippen LogP contribution in [0.3, 0.4) is 0 Å². The van der Waals surface area contributed by atoms with Gasteiger partial charge in [-0.2, -0.15) is 18.3 Å². The molecule has 0 fully saturated rings. The molecule has 0 saturated heterocycles. The van der Waals surface area contributed by atoms with Crippen molar-refractivity contribution >= 4 is 38.2 Å². The normalized spacial score (nSPS) is 12.5. The first-order valence-corrected chi connectivity index (χ1v) is 9.64. The number of aromatic nitrogens is 4. The first kappa shape index (κ1) is 19.4. The van der Waals surface area contributed by atoms with Crippen LogP contribution in [0, 0.1) is 0 Å². The molecule has 0 unspecified atom stereocenters. The summed E-state index contributed by atoms with van der Waals surface area (Å²) in [7, 11) is -2.18. The summed E-state index contributed by atoms with van der Waals surface area (Å²) in [6.07, 6.45) is -2.25. The maximum atomic E-state index is 12.8. The minimum atomic E-state index is -4.62. The second-order valence-corrected chi connectivity index (χ2v) is 8.15. The second kappa shape index (κ2) is 6.64. The highest BCUT2D eigenvalue weighted by Crippen LogP contribution is 2.31. The van der Waals surface area contributed by atoms with Crippen LogP contribution in [0.15, 0.2) is 29.4 Å². The van der Waals surface area contributed by atoms with E-state index in [2.05, 4.69) is 20.4 Å². The van der Waals surface area contributed by atoms with Crippen LogP contribution < -0.4 is 5.32 Å². The van der Waals surface area contributed by atoms with Crippen molar-refractivity contribution in [1.82, 2.24) is 19.7 Å². The first-order valence-electron chi connectivity index (χ1n) is 7.61. The van der Waals surface area contributed by atoms with Gasteiger partial charge in [-0.1, -0.05) is 18.5 Å². The van der Waals surface area contributed by atoms with Crippen LogP contribution in [-0.4, -0.2) is 41.0 Å². The molecule has 3 heterocycles. The van der Waals surface area contributed by atoms with Crippen LogP contribution in [0.4, 0.5) is 19.0 Å². The molecule has 7 nitrogen and oxygen atoms in total. The molecule has 0 aliphatic rings. The van der Waals surface area contributed by atoms with E-state index in [9.17, 15) is 21.6 Å². The van der Waals surface area contributed by atoms with Crippen molar-refractivity contribution in [3.8, 4) is 5.82 Å². The Balaban J connectivity index is 2.26. The number of fused-ring (bicyclic) bond motifs is 1. The minimum Gasteiger partial charge on any atom is -0.372 e. The van der Waals surface area contributed by atoms with Crippen molar-refractivity contribution in [2.45, 2.75) is 18.0 Å². The van der Waals surface area contributed by atoms with Crippen molar-refractivity contribution < 1.29 is 21.6 Å². The molecule has 3 rings (SSSR count). The Hall–Kier alpha value is -2.40. The fourth-order valence-electron chi connectivity index (χ4n) is 2.37. The third-order valence-corrected chi connectivity index (χ3v) is 5.79. The van der Waals surface area contributed by atoms with E-state index in [0.717, 1.165) is 16.9 Å². The molecule has 0 spiro atoms. The summed E-state index contributed by atoms with van der Waals surface area (Å²) >= 11 is 6.05. The van der Waals surface area contributed by atoms with Gasteiger partial charge in [-0.15, -0.1) is 0 Å². The summed E-state index contributed by atoms with van der Waals surface area (Å²) < 4.78 is 64.5. The zero-order valence-corrected chi connectivity index (χ0v) is 15.6.